The number of hydrogen-bond donors (Lipinski definition) is 5. The van der Waals surface area contributed by atoms with E-state index in [1.54, 1.807) is 0 Å². The number of halogens is 1. The van der Waals surface area contributed by atoms with Crippen LogP contribution in [0.25, 0.3) is 0 Å². The van der Waals surface area contributed by atoms with E-state index in [0.717, 1.165) is 18.3 Å². The zero-order valence-electron chi connectivity index (χ0n) is 15.1. The van der Waals surface area contributed by atoms with Crippen molar-refractivity contribution in [1.82, 2.24) is 9.97 Å². The lowest BCUT2D eigenvalue weighted by Gasteiger charge is -2.26. The lowest BCUT2D eigenvalue weighted by atomic mass is 9.93. The van der Waals surface area contributed by atoms with E-state index in [2.05, 4.69) is 25.9 Å². The molecule has 0 atom stereocenters. The number of amides is 1. The number of rotatable bonds is 6. The number of carbonyl (C=O) groups is 1. The number of aliphatic hydroxyl groups is 1. The molecule has 1 saturated carbocycles. The van der Waals surface area contributed by atoms with Gasteiger partial charge >= 0.3 is 11.8 Å². The van der Waals surface area contributed by atoms with Crippen LogP contribution in [0, 0.1) is 15.9 Å². The number of aliphatic hydroxyl groups excluding tert-OH is 1. The number of nitro groups is 1. The SMILES string of the molecule is O=C(O)Nc1ccc(F)cc1Nc1ncc([N+](=O)[O-])c(NC2CCC(O)CC2)n1. The van der Waals surface area contributed by atoms with Gasteiger partial charge in [0.05, 0.1) is 22.4 Å². The Morgan fingerprint density at radius 2 is 1.97 bits per heavy atom. The third kappa shape index (κ3) is 5.25. The number of nitrogens with zero attached hydrogens (tertiary/aromatic N) is 3. The summed E-state index contributed by atoms with van der Waals surface area (Å²) in [5.41, 5.74) is -0.213. The molecule has 12 heteroatoms. The third-order valence-corrected chi connectivity index (χ3v) is 4.47. The van der Waals surface area contributed by atoms with Gasteiger partial charge in [-0.3, -0.25) is 15.4 Å². The summed E-state index contributed by atoms with van der Waals surface area (Å²) in [5.74, 6) is -0.713. The molecule has 0 saturated heterocycles. The van der Waals surface area contributed by atoms with Crippen LogP contribution < -0.4 is 16.0 Å². The third-order valence-electron chi connectivity index (χ3n) is 4.47. The van der Waals surface area contributed by atoms with Crippen LogP contribution in [-0.2, 0) is 0 Å². The molecule has 1 fully saturated rings. The largest absolute Gasteiger partial charge is 0.465 e. The number of nitrogens with one attached hydrogen (secondary N) is 3. The van der Waals surface area contributed by atoms with Crippen LogP contribution in [-0.4, -0.2) is 43.3 Å². The van der Waals surface area contributed by atoms with E-state index in [4.69, 9.17) is 5.11 Å². The fourth-order valence-corrected chi connectivity index (χ4v) is 3.05. The molecule has 29 heavy (non-hydrogen) atoms. The summed E-state index contributed by atoms with van der Waals surface area (Å²) in [6.07, 6.45) is 1.71. The van der Waals surface area contributed by atoms with Crippen molar-refractivity contribution in [3.8, 4) is 0 Å². The second-order valence-corrected chi connectivity index (χ2v) is 6.58. The predicted molar refractivity (Wildman–Crippen MR) is 102 cm³/mol. The van der Waals surface area contributed by atoms with Gasteiger partial charge in [-0.2, -0.15) is 4.98 Å². The monoisotopic (exact) mass is 406 g/mol. The van der Waals surface area contributed by atoms with E-state index >= 15 is 0 Å². The maximum Gasteiger partial charge on any atom is 0.409 e. The van der Waals surface area contributed by atoms with Crippen LogP contribution in [0.15, 0.2) is 24.4 Å². The summed E-state index contributed by atoms with van der Waals surface area (Å²) < 4.78 is 13.6. The van der Waals surface area contributed by atoms with Gasteiger partial charge in [0.15, 0.2) is 0 Å². The molecule has 0 aliphatic heterocycles. The van der Waals surface area contributed by atoms with Crippen LogP contribution in [0.1, 0.15) is 25.7 Å². The van der Waals surface area contributed by atoms with Crippen molar-refractivity contribution in [2.45, 2.75) is 37.8 Å². The average molecular weight is 406 g/mol. The van der Waals surface area contributed by atoms with E-state index in [1.807, 2.05) is 0 Å². The van der Waals surface area contributed by atoms with Crippen molar-refractivity contribution in [3.63, 3.8) is 0 Å². The Balaban J connectivity index is 1.86. The topological polar surface area (TPSA) is 163 Å². The number of anilines is 4. The van der Waals surface area contributed by atoms with Crippen LogP contribution in [0.2, 0.25) is 0 Å². The smallest absolute Gasteiger partial charge is 0.409 e. The Labute approximate surface area is 164 Å². The molecule has 1 aliphatic rings. The molecule has 2 aromatic rings. The highest BCUT2D eigenvalue weighted by molar-refractivity contribution is 5.89. The van der Waals surface area contributed by atoms with E-state index in [-0.39, 0.29) is 41.0 Å². The second kappa shape index (κ2) is 8.65. The quantitative estimate of drug-likeness (QED) is 0.358. The van der Waals surface area contributed by atoms with Crippen molar-refractivity contribution in [2.75, 3.05) is 16.0 Å². The Bertz CT molecular complexity index is 919. The Kier molecular flexibility index (Phi) is 6.02. The van der Waals surface area contributed by atoms with Crippen LogP contribution in [0.5, 0.6) is 0 Å². The molecule has 11 nitrogen and oxygen atoms in total. The van der Waals surface area contributed by atoms with E-state index in [0.29, 0.717) is 25.7 Å². The zero-order chi connectivity index (χ0) is 21.0. The normalized spacial score (nSPS) is 18.7. The fourth-order valence-electron chi connectivity index (χ4n) is 3.05. The molecule has 5 N–H and O–H groups in total. The minimum Gasteiger partial charge on any atom is -0.465 e. The molecule has 1 amide bonds. The van der Waals surface area contributed by atoms with Crippen molar-refractivity contribution in [2.24, 2.45) is 0 Å². The van der Waals surface area contributed by atoms with Gasteiger partial charge < -0.3 is 20.8 Å². The maximum atomic E-state index is 13.6. The van der Waals surface area contributed by atoms with E-state index in [9.17, 15) is 24.4 Å². The highest BCUT2D eigenvalue weighted by Gasteiger charge is 2.24. The number of hydrogen-bond acceptors (Lipinski definition) is 8. The van der Waals surface area contributed by atoms with Crippen molar-refractivity contribution >= 4 is 34.9 Å². The lowest BCUT2D eigenvalue weighted by Crippen LogP contribution is -2.29. The fraction of sp³-hybridized carbons (Fsp3) is 0.353. The molecule has 1 aromatic heterocycles. The molecular weight excluding hydrogens is 387 g/mol. The van der Waals surface area contributed by atoms with Crippen LogP contribution in [0.3, 0.4) is 0 Å². The standard InChI is InChI=1S/C17H19FN6O5/c18-9-1-6-12(22-17(26)27)13(7-9)21-16-19-8-14(24(28)29)15(23-16)20-10-2-4-11(25)5-3-10/h1,6-8,10-11,22,25H,2-5H2,(H,26,27)(H2,19,20,21,23). The van der Waals surface area contributed by atoms with Gasteiger partial charge in [0.25, 0.3) is 0 Å². The molecule has 0 spiro atoms. The summed E-state index contributed by atoms with van der Waals surface area (Å²) in [6, 6.07) is 3.26. The van der Waals surface area contributed by atoms with Gasteiger partial charge in [-0.15, -0.1) is 0 Å². The molecule has 154 valence electrons. The summed E-state index contributed by atoms with van der Waals surface area (Å²) in [7, 11) is 0. The van der Waals surface area contributed by atoms with Gasteiger partial charge in [-0.25, -0.2) is 14.2 Å². The van der Waals surface area contributed by atoms with Crippen LogP contribution in [0.4, 0.5) is 38.0 Å². The first-order valence-corrected chi connectivity index (χ1v) is 8.84. The Morgan fingerprint density at radius 1 is 1.24 bits per heavy atom. The first kappa shape index (κ1) is 20.2. The molecule has 0 bridgehead atoms. The van der Waals surface area contributed by atoms with Crippen molar-refractivity contribution in [3.05, 3.63) is 40.3 Å². The maximum absolute atomic E-state index is 13.6. The first-order chi connectivity index (χ1) is 13.8. The van der Waals surface area contributed by atoms with E-state index < -0.39 is 16.8 Å². The number of carboxylic acid groups (broad SMARTS) is 1. The lowest BCUT2D eigenvalue weighted by molar-refractivity contribution is -0.384. The van der Waals surface area contributed by atoms with Gasteiger partial charge in [-0.05, 0) is 43.9 Å². The summed E-state index contributed by atoms with van der Waals surface area (Å²) >= 11 is 0. The summed E-state index contributed by atoms with van der Waals surface area (Å²) in [6.45, 7) is 0. The summed E-state index contributed by atoms with van der Waals surface area (Å²) in [4.78, 5) is 29.6. The molecule has 1 heterocycles. The van der Waals surface area contributed by atoms with Gasteiger partial charge in [0, 0.05) is 6.04 Å². The highest BCUT2D eigenvalue weighted by Crippen LogP contribution is 2.30. The van der Waals surface area contributed by atoms with Gasteiger partial charge in [-0.1, -0.05) is 0 Å². The molecule has 0 radical (unpaired) electrons. The Hall–Kier alpha value is -3.54. The van der Waals surface area contributed by atoms with Gasteiger partial charge in [0.1, 0.15) is 12.0 Å². The molecular formula is C17H19FN6O5. The Morgan fingerprint density at radius 3 is 2.62 bits per heavy atom. The molecule has 0 unspecified atom stereocenters. The van der Waals surface area contributed by atoms with Crippen molar-refractivity contribution in [1.29, 1.82) is 0 Å². The molecule has 1 aliphatic carbocycles. The highest BCUT2D eigenvalue weighted by atomic mass is 19.1. The first-order valence-electron chi connectivity index (χ1n) is 8.84. The molecule has 1 aromatic carbocycles. The number of benzene rings is 1. The van der Waals surface area contributed by atoms with Crippen molar-refractivity contribution < 1.29 is 24.3 Å². The number of aromatic nitrogens is 2. The average Bonchev–Trinajstić information content (AvgIpc) is 2.65. The van der Waals surface area contributed by atoms with Crippen LogP contribution >= 0.6 is 0 Å². The predicted octanol–water partition coefficient (Wildman–Crippen LogP) is 3.07. The minimum absolute atomic E-state index is 0.0157. The zero-order valence-corrected chi connectivity index (χ0v) is 15.1. The van der Waals surface area contributed by atoms with Gasteiger partial charge in [0.2, 0.25) is 11.8 Å². The molecule has 3 rings (SSSR count). The summed E-state index contributed by atoms with van der Waals surface area (Å²) in [5, 5.41) is 37.6. The van der Waals surface area contributed by atoms with E-state index in [1.165, 1.54) is 6.07 Å². The minimum atomic E-state index is -1.34. The second-order valence-electron chi connectivity index (χ2n) is 6.58.